The second kappa shape index (κ2) is 8.55. The highest BCUT2D eigenvalue weighted by atomic mass is 19.1. The van der Waals surface area contributed by atoms with Crippen LogP contribution in [0.1, 0.15) is 40.7 Å². The molecule has 2 amide bonds. The molecule has 0 bridgehead atoms. The van der Waals surface area contributed by atoms with Crippen LogP contribution in [0, 0.1) is 5.82 Å². The minimum Gasteiger partial charge on any atom is -0.346 e. The Labute approximate surface area is 175 Å². The van der Waals surface area contributed by atoms with Gasteiger partial charge in [-0.05, 0) is 25.3 Å². The van der Waals surface area contributed by atoms with Gasteiger partial charge in [0.05, 0.1) is 0 Å². The van der Waals surface area contributed by atoms with Crippen LogP contribution in [0.15, 0.2) is 24.3 Å². The van der Waals surface area contributed by atoms with Gasteiger partial charge in [-0.15, -0.1) is 0 Å². The molecule has 1 N–H and O–H groups in total. The number of aryl methyl sites for hydroxylation is 1. The average Bonchev–Trinajstić information content (AvgIpc) is 3.09. The Balaban J connectivity index is 1.44. The molecule has 8 heteroatoms. The SMILES string of the molecule is CC(=O)N1CCN(C2CCc3c(c(C(=O)NCc4ccccc4F)nn3C)C2)CC1. The first-order chi connectivity index (χ1) is 14.4. The zero-order chi connectivity index (χ0) is 21.3. The van der Waals surface area contributed by atoms with Gasteiger partial charge in [0.15, 0.2) is 5.69 Å². The van der Waals surface area contributed by atoms with E-state index in [2.05, 4.69) is 15.3 Å². The predicted molar refractivity (Wildman–Crippen MR) is 110 cm³/mol. The first-order valence-electron chi connectivity index (χ1n) is 10.5. The molecular formula is C22H28FN5O2. The molecule has 4 rings (SSSR count). The van der Waals surface area contributed by atoms with Crippen molar-refractivity contribution in [2.75, 3.05) is 26.2 Å². The van der Waals surface area contributed by atoms with Crippen molar-refractivity contribution in [2.24, 2.45) is 7.05 Å². The van der Waals surface area contributed by atoms with Gasteiger partial charge < -0.3 is 10.2 Å². The fourth-order valence-electron chi connectivity index (χ4n) is 4.57. The van der Waals surface area contributed by atoms with E-state index >= 15 is 0 Å². The van der Waals surface area contributed by atoms with Crippen LogP contribution in [0.2, 0.25) is 0 Å². The van der Waals surface area contributed by atoms with Gasteiger partial charge in [0.25, 0.3) is 5.91 Å². The maximum Gasteiger partial charge on any atom is 0.272 e. The Morgan fingerprint density at radius 3 is 2.63 bits per heavy atom. The maximum atomic E-state index is 13.9. The summed E-state index contributed by atoms with van der Waals surface area (Å²) in [5, 5.41) is 7.30. The molecule has 1 unspecified atom stereocenters. The van der Waals surface area contributed by atoms with Gasteiger partial charge in [0.1, 0.15) is 5.82 Å². The zero-order valence-electron chi connectivity index (χ0n) is 17.5. The second-order valence-corrected chi connectivity index (χ2v) is 8.11. The van der Waals surface area contributed by atoms with E-state index in [0.29, 0.717) is 17.3 Å². The third kappa shape index (κ3) is 4.09. The summed E-state index contributed by atoms with van der Waals surface area (Å²) >= 11 is 0. The largest absolute Gasteiger partial charge is 0.346 e. The van der Waals surface area contributed by atoms with E-state index in [0.717, 1.165) is 56.7 Å². The zero-order valence-corrected chi connectivity index (χ0v) is 17.5. The van der Waals surface area contributed by atoms with Gasteiger partial charge in [-0.1, -0.05) is 18.2 Å². The van der Waals surface area contributed by atoms with Crippen LogP contribution in [0.5, 0.6) is 0 Å². The molecule has 1 fully saturated rings. The van der Waals surface area contributed by atoms with Crippen molar-refractivity contribution in [3.05, 3.63) is 52.6 Å². The molecule has 0 spiro atoms. The summed E-state index contributed by atoms with van der Waals surface area (Å²) in [5.41, 5.74) is 2.99. The Morgan fingerprint density at radius 1 is 1.20 bits per heavy atom. The van der Waals surface area contributed by atoms with Crippen LogP contribution in [0.25, 0.3) is 0 Å². The van der Waals surface area contributed by atoms with Crippen molar-refractivity contribution in [1.82, 2.24) is 24.9 Å². The molecule has 2 aromatic rings. The van der Waals surface area contributed by atoms with Crippen LogP contribution in [-0.4, -0.2) is 63.6 Å². The molecule has 0 saturated carbocycles. The molecule has 1 aromatic carbocycles. The van der Waals surface area contributed by atoms with E-state index in [9.17, 15) is 14.0 Å². The van der Waals surface area contributed by atoms with Crippen molar-refractivity contribution < 1.29 is 14.0 Å². The molecule has 1 saturated heterocycles. The number of hydrogen-bond donors (Lipinski definition) is 1. The van der Waals surface area contributed by atoms with E-state index in [1.807, 2.05) is 11.9 Å². The maximum absolute atomic E-state index is 13.9. The predicted octanol–water partition coefficient (Wildman–Crippen LogP) is 1.51. The summed E-state index contributed by atoms with van der Waals surface area (Å²) in [6.45, 7) is 4.96. The van der Waals surface area contributed by atoms with Crippen molar-refractivity contribution in [3.8, 4) is 0 Å². The molecule has 1 aromatic heterocycles. The summed E-state index contributed by atoms with van der Waals surface area (Å²) < 4.78 is 15.7. The number of rotatable bonds is 4. The summed E-state index contributed by atoms with van der Waals surface area (Å²) in [7, 11) is 1.87. The normalized spacial score (nSPS) is 19.4. The highest BCUT2D eigenvalue weighted by Crippen LogP contribution is 2.28. The number of amides is 2. The third-order valence-corrected chi connectivity index (χ3v) is 6.32. The molecule has 7 nitrogen and oxygen atoms in total. The Bertz CT molecular complexity index is 949. The van der Waals surface area contributed by atoms with Gasteiger partial charge in [-0.2, -0.15) is 5.10 Å². The molecule has 0 radical (unpaired) electrons. The first-order valence-corrected chi connectivity index (χ1v) is 10.5. The highest BCUT2D eigenvalue weighted by Gasteiger charge is 2.32. The monoisotopic (exact) mass is 413 g/mol. The molecular weight excluding hydrogens is 385 g/mol. The Morgan fingerprint density at radius 2 is 1.93 bits per heavy atom. The van der Waals surface area contributed by atoms with E-state index in [1.54, 1.807) is 29.8 Å². The second-order valence-electron chi connectivity index (χ2n) is 8.11. The van der Waals surface area contributed by atoms with Gasteiger partial charge in [0.2, 0.25) is 5.91 Å². The van der Waals surface area contributed by atoms with E-state index in [-0.39, 0.29) is 24.2 Å². The fourth-order valence-corrected chi connectivity index (χ4v) is 4.57. The number of fused-ring (bicyclic) bond motifs is 1. The number of nitrogens with zero attached hydrogens (tertiary/aromatic N) is 4. The van der Waals surface area contributed by atoms with Crippen LogP contribution < -0.4 is 5.32 Å². The number of nitrogens with one attached hydrogen (secondary N) is 1. The van der Waals surface area contributed by atoms with E-state index in [4.69, 9.17) is 0 Å². The van der Waals surface area contributed by atoms with Crippen LogP contribution >= 0.6 is 0 Å². The van der Waals surface area contributed by atoms with Crippen molar-refractivity contribution >= 4 is 11.8 Å². The topological polar surface area (TPSA) is 70.5 Å². The average molecular weight is 413 g/mol. The van der Waals surface area contributed by atoms with Gasteiger partial charge >= 0.3 is 0 Å². The summed E-state index contributed by atoms with van der Waals surface area (Å²) in [5.74, 6) is -0.468. The van der Waals surface area contributed by atoms with Gasteiger partial charge in [-0.3, -0.25) is 19.2 Å². The van der Waals surface area contributed by atoms with Crippen LogP contribution in [-0.2, 0) is 31.2 Å². The van der Waals surface area contributed by atoms with Crippen molar-refractivity contribution in [2.45, 2.75) is 38.8 Å². The minimum atomic E-state index is -0.328. The molecule has 160 valence electrons. The molecule has 1 aliphatic heterocycles. The van der Waals surface area contributed by atoms with Gasteiger partial charge in [0, 0.05) is 69.6 Å². The van der Waals surface area contributed by atoms with Crippen LogP contribution in [0.4, 0.5) is 4.39 Å². The lowest BCUT2D eigenvalue weighted by Gasteiger charge is -2.40. The smallest absolute Gasteiger partial charge is 0.272 e. The number of carbonyl (C=O) groups excluding carboxylic acids is 2. The molecule has 1 atom stereocenters. The van der Waals surface area contributed by atoms with E-state index in [1.165, 1.54) is 6.07 Å². The Hall–Kier alpha value is -2.74. The fraction of sp³-hybridized carbons (Fsp3) is 0.500. The Kier molecular flexibility index (Phi) is 5.85. The van der Waals surface area contributed by atoms with Crippen molar-refractivity contribution in [3.63, 3.8) is 0 Å². The molecule has 30 heavy (non-hydrogen) atoms. The third-order valence-electron chi connectivity index (χ3n) is 6.32. The number of benzene rings is 1. The molecule has 1 aliphatic carbocycles. The lowest BCUT2D eigenvalue weighted by molar-refractivity contribution is -0.130. The number of hydrogen-bond acceptors (Lipinski definition) is 4. The number of aromatic nitrogens is 2. The standard InChI is InChI=1S/C22H28FN5O2/c1-15(29)27-9-11-28(12-10-27)17-7-8-20-18(13-17)21(25-26(20)2)22(30)24-14-16-5-3-4-6-19(16)23/h3-6,17H,7-14H2,1-2H3,(H,24,30). The van der Waals surface area contributed by atoms with E-state index < -0.39 is 0 Å². The number of piperazine rings is 1. The summed E-state index contributed by atoms with van der Waals surface area (Å²) in [6.07, 6.45) is 2.66. The van der Waals surface area contributed by atoms with Gasteiger partial charge in [-0.25, -0.2) is 4.39 Å². The van der Waals surface area contributed by atoms with Crippen molar-refractivity contribution in [1.29, 1.82) is 0 Å². The summed E-state index contributed by atoms with van der Waals surface area (Å²) in [4.78, 5) is 28.7. The molecule has 2 heterocycles. The number of carbonyl (C=O) groups is 2. The summed E-state index contributed by atoms with van der Waals surface area (Å²) in [6, 6.07) is 6.78. The minimum absolute atomic E-state index is 0.127. The highest BCUT2D eigenvalue weighted by molar-refractivity contribution is 5.94. The molecule has 2 aliphatic rings. The number of halogens is 1. The lowest BCUT2D eigenvalue weighted by atomic mass is 9.89. The van der Waals surface area contributed by atoms with Crippen LogP contribution in [0.3, 0.4) is 0 Å². The first kappa shape index (κ1) is 20.5. The lowest BCUT2D eigenvalue weighted by Crippen LogP contribution is -2.52. The quantitative estimate of drug-likeness (QED) is 0.825.